The number of fused-ring (bicyclic) bond motifs is 14. The number of esters is 1. The summed E-state index contributed by atoms with van der Waals surface area (Å²) < 4.78 is 23.4. The van der Waals surface area contributed by atoms with Gasteiger partial charge in [-0.25, -0.2) is 0 Å². The molecule has 0 unspecified atom stereocenters. The molecule has 21 nitrogen and oxygen atoms in total. The average molecular weight is 906 g/mol. The van der Waals surface area contributed by atoms with E-state index >= 15 is 0 Å². The van der Waals surface area contributed by atoms with Crippen molar-refractivity contribution in [3.8, 4) is 23.0 Å². The Labute approximate surface area is 372 Å². The number of phenolic OH excluding ortho intramolecular Hbond substituents is 3. The number of Topliss-reactive ketones (excluding diaryl/α,β-unsaturated/α-hetero) is 1. The van der Waals surface area contributed by atoms with Gasteiger partial charge in [-0.2, -0.15) is 5.11 Å². The number of benzene rings is 3. The number of anilines is 1. The Kier molecular flexibility index (Phi) is 14.7. The van der Waals surface area contributed by atoms with E-state index in [0.717, 1.165) is 18.4 Å². The second kappa shape index (κ2) is 19.4. The minimum atomic E-state index is -2.18. The number of methoxy groups -OCH3 is 1. The fraction of sp³-hybridized carbons (Fsp3) is 0.432. The maximum absolute atomic E-state index is 14.5. The minimum absolute atomic E-state index is 0.0250. The van der Waals surface area contributed by atoms with Crippen LogP contribution in [0.15, 0.2) is 64.6 Å². The lowest BCUT2D eigenvalue weighted by Crippen LogP contribution is -2.46. The normalized spacial score (nSPS) is 28.3. The van der Waals surface area contributed by atoms with E-state index in [4.69, 9.17) is 18.9 Å². The average Bonchev–Trinajstić information content (AvgIpc) is 3.52. The third kappa shape index (κ3) is 9.61. The van der Waals surface area contributed by atoms with E-state index in [0.29, 0.717) is 6.07 Å². The second-order valence-electron chi connectivity index (χ2n) is 16.3. The number of phenols is 3. The van der Waals surface area contributed by atoms with Crippen LogP contribution in [-0.2, 0) is 30.3 Å². The molecule has 6 N–H and O–H groups in total. The molecule has 0 fully saturated rings. The second-order valence-corrected chi connectivity index (χ2v) is 16.3. The van der Waals surface area contributed by atoms with E-state index in [9.17, 15) is 60.1 Å². The SMILES string of the molecule is CO[C@H]1/C=C/O[C@@]2(C)Oc3c(C)c(O)c4c(O)c(c(CN=Nc5ccc([N+](=O)[O-])cc5[N+](=O)[O-])c(O)c4c3C2=O)NC(=O)/C(C)=C\C=C\[C@H](C)[C@H](O)[C@@H](C)[C@@H](O)[C@@H](C)[C@H](OC(C)=O)[C@@H]1C. The number of carbonyl (C=O) groups is 3. The number of aliphatic hydroxyl groups excluding tert-OH is 2. The molecule has 0 spiro atoms. The molecule has 0 radical (unpaired) electrons. The Morgan fingerprint density at radius 3 is 2.23 bits per heavy atom. The first-order valence-electron chi connectivity index (χ1n) is 20.3. The van der Waals surface area contributed by atoms with E-state index in [-0.39, 0.29) is 28.0 Å². The van der Waals surface area contributed by atoms with Crippen molar-refractivity contribution in [2.45, 2.75) is 92.1 Å². The van der Waals surface area contributed by atoms with E-state index < -0.39 is 139 Å². The molecule has 21 heteroatoms. The molecule has 65 heavy (non-hydrogen) atoms. The molecule has 5 bridgehead atoms. The van der Waals surface area contributed by atoms with Crippen LogP contribution in [0.4, 0.5) is 22.7 Å². The third-order valence-electron chi connectivity index (χ3n) is 11.9. The summed E-state index contributed by atoms with van der Waals surface area (Å²) in [5, 5.41) is 90.9. The van der Waals surface area contributed by atoms with E-state index in [1.165, 1.54) is 53.0 Å². The molecule has 348 valence electrons. The highest BCUT2D eigenvalue weighted by atomic mass is 16.7. The van der Waals surface area contributed by atoms with Gasteiger partial charge in [0.05, 0.1) is 63.7 Å². The van der Waals surface area contributed by atoms with Crippen LogP contribution in [0.2, 0.25) is 0 Å². The molecule has 3 heterocycles. The largest absolute Gasteiger partial charge is 0.507 e. The molecule has 3 aliphatic heterocycles. The number of azo groups is 1. The zero-order valence-electron chi connectivity index (χ0n) is 37.0. The number of nitro benzene ring substituents is 2. The van der Waals surface area contributed by atoms with Crippen molar-refractivity contribution in [2.75, 3.05) is 12.4 Å². The van der Waals surface area contributed by atoms with Gasteiger partial charge in [-0.3, -0.25) is 34.6 Å². The first-order valence-corrected chi connectivity index (χ1v) is 20.3. The molecule has 0 aromatic heterocycles. The molecule has 0 saturated carbocycles. The lowest BCUT2D eigenvalue weighted by atomic mass is 9.78. The maximum Gasteiger partial charge on any atom is 0.312 e. The monoisotopic (exact) mass is 905 g/mol. The third-order valence-corrected chi connectivity index (χ3v) is 11.9. The number of hydrogen-bond donors (Lipinski definition) is 6. The predicted molar refractivity (Wildman–Crippen MR) is 232 cm³/mol. The molecule has 1 amide bonds. The van der Waals surface area contributed by atoms with E-state index in [2.05, 4.69) is 15.5 Å². The first kappa shape index (κ1) is 49.1. The Bertz CT molecular complexity index is 2550. The smallest absolute Gasteiger partial charge is 0.312 e. The molecule has 0 saturated heterocycles. The van der Waals surface area contributed by atoms with Crippen molar-refractivity contribution >= 4 is 51.2 Å². The summed E-state index contributed by atoms with van der Waals surface area (Å²) in [6, 6.07) is 2.61. The molecule has 0 aliphatic carbocycles. The van der Waals surface area contributed by atoms with Gasteiger partial charge in [0.15, 0.2) is 11.4 Å². The molecular weight excluding hydrogens is 855 g/mol. The van der Waals surface area contributed by atoms with Crippen molar-refractivity contribution in [3.05, 3.63) is 91.3 Å². The number of carbonyl (C=O) groups excluding carboxylic acids is 3. The highest BCUT2D eigenvalue weighted by Gasteiger charge is 2.50. The number of ether oxygens (including phenoxy) is 4. The standard InChI is InChI=1S/C44H51N5O16/c1-19-11-10-12-20(2)43(57)46-34-27(18-45-47-28-14-13-26(48(58)59)17-29(28)49(60)61)38(54)31-32(39(34)55)37(53)24(6)41-33(31)42(56)44(8,65-41)63-16-15-30(62-9)21(3)40(64-25(7)50)23(5)36(52)22(4)35(19)51/h10-17,19,21-23,30,35-36,40,51-55H,18H2,1-9H3,(H,46,57)/b11-10+,16-15+,20-12-,47-45?/t19-,21+,22+,23+,30-,35-,36+,40+,44-/m0/s1. The molecule has 3 aromatic carbocycles. The van der Waals surface area contributed by atoms with Gasteiger partial charge in [-0.05, 0) is 26.0 Å². The molecule has 3 aromatic rings. The highest BCUT2D eigenvalue weighted by molar-refractivity contribution is 6.22. The van der Waals surface area contributed by atoms with E-state index in [1.807, 2.05) is 0 Å². The van der Waals surface area contributed by atoms with Crippen LogP contribution in [0.1, 0.15) is 70.0 Å². The van der Waals surface area contributed by atoms with Gasteiger partial charge in [0.1, 0.15) is 23.4 Å². The fourth-order valence-corrected chi connectivity index (χ4v) is 7.98. The lowest BCUT2D eigenvalue weighted by molar-refractivity contribution is -0.393. The van der Waals surface area contributed by atoms with Crippen LogP contribution in [0.5, 0.6) is 23.0 Å². The van der Waals surface area contributed by atoms with Crippen molar-refractivity contribution in [3.63, 3.8) is 0 Å². The summed E-state index contributed by atoms with van der Waals surface area (Å²) in [5.74, 6) is -9.88. The zero-order valence-corrected chi connectivity index (χ0v) is 37.0. The summed E-state index contributed by atoms with van der Waals surface area (Å²) in [6.07, 6.45) is 2.81. The van der Waals surface area contributed by atoms with Crippen molar-refractivity contribution in [1.29, 1.82) is 0 Å². The highest BCUT2D eigenvalue weighted by Crippen LogP contribution is 2.55. The maximum atomic E-state index is 14.5. The van der Waals surface area contributed by atoms with Crippen LogP contribution in [0.3, 0.4) is 0 Å². The number of hydrogen-bond acceptors (Lipinski definition) is 18. The van der Waals surface area contributed by atoms with Gasteiger partial charge in [0, 0.05) is 72.8 Å². The van der Waals surface area contributed by atoms with Crippen LogP contribution >= 0.6 is 0 Å². The number of nitrogens with zero attached hydrogens (tertiary/aromatic N) is 4. The Balaban J connectivity index is 1.73. The van der Waals surface area contributed by atoms with Crippen LogP contribution in [-0.4, -0.2) is 90.4 Å². The van der Waals surface area contributed by atoms with Gasteiger partial charge < -0.3 is 49.8 Å². The van der Waals surface area contributed by atoms with Crippen molar-refractivity contribution in [2.24, 2.45) is 33.9 Å². The number of ketones is 1. The van der Waals surface area contributed by atoms with Gasteiger partial charge in [-0.15, -0.1) is 5.11 Å². The Hall–Kier alpha value is -6.97. The van der Waals surface area contributed by atoms with Crippen LogP contribution < -0.4 is 10.1 Å². The van der Waals surface area contributed by atoms with Gasteiger partial charge in [0.25, 0.3) is 17.4 Å². The van der Waals surface area contributed by atoms with E-state index in [1.54, 1.807) is 33.8 Å². The van der Waals surface area contributed by atoms with Gasteiger partial charge in [-0.1, -0.05) is 45.9 Å². The number of aliphatic hydroxyl groups is 2. The number of amides is 1. The summed E-state index contributed by atoms with van der Waals surface area (Å²) >= 11 is 0. The Morgan fingerprint density at radius 1 is 0.938 bits per heavy atom. The quantitative estimate of drug-likeness (QED) is 0.0352. The summed E-state index contributed by atoms with van der Waals surface area (Å²) in [5.41, 5.74) is -3.08. The molecule has 6 rings (SSSR count). The lowest BCUT2D eigenvalue weighted by Gasteiger charge is -2.38. The molecule has 9 atom stereocenters. The first-order chi connectivity index (χ1) is 30.5. The number of nitrogens with one attached hydrogen (secondary N) is 1. The van der Waals surface area contributed by atoms with Crippen LogP contribution in [0.25, 0.3) is 10.8 Å². The number of allylic oxidation sites excluding steroid dienone is 2. The topological polar surface area (TPSA) is 312 Å². The zero-order chi connectivity index (χ0) is 48.4. The van der Waals surface area contributed by atoms with Crippen molar-refractivity contribution in [1.82, 2.24) is 0 Å². The van der Waals surface area contributed by atoms with Crippen LogP contribution in [0, 0.1) is 50.8 Å². The number of nitro groups is 2. The summed E-state index contributed by atoms with van der Waals surface area (Å²) in [6.45, 7) is 11.2. The number of non-ortho nitro benzene ring substituents is 1. The number of aromatic hydroxyl groups is 3. The summed E-state index contributed by atoms with van der Waals surface area (Å²) in [4.78, 5) is 61.9. The predicted octanol–water partition coefficient (Wildman–Crippen LogP) is 6.85. The molecule has 3 aliphatic rings. The van der Waals surface area contributed by atoms with Gasteiger partial charge >= 0.3 is 17.4 Å². The molecular formula is C44H51N5O16. The Morgan fingerprint density at radius 2 is 1.62 bits per heavy atom. The van der Waals surface area contributed by atoms with Gasteiger partial charge in [0.2, 0.25) is 0 Å². The fourth-order valence-electron chi connectivity index (χ4n) is 7.98. The number of rotatable bonds is 7. The minimum Gasteiger partial charge on any atom is -0.507 e. The van der Waals surface area contributed by atoms with Crippen molar-refractivity contribution < 1.29 is 68.7 Å². The summed E-state index contributed by atoms with van der Waals surface area (Å²) in [7, 11) is 1.38.